The predicted molar refractivity (Wildman–Crippen MR) is 293 cm³/mol. The van der Waals surface area contributed by atoms with E-state index in [0.29, 0.717) is 5.56 Å². The van der Waals surface area contributed by atoms with Gasteiger partial charge in [0.2, 0.25) is 0 Å². The number of aryl methyl sites for hydroxylation is 6. The molecule has 3 heterocycles. The van der Waals surface area contributed by atoms with Gasteiger partial charge in [-0.05, 0) is 146 Å². The molecule has 3 aromatic heterocycles. The highest BCUT2D eigenvalue weighted by atomic mass is 15.0. The maximum Gasteiger partial charge on any atom is 0.104 e. The van der Waals surface area contributed by atoms with Crippen molar-refractivity contribution in [2.75, 3.05) is 0 Å². The molecular formula is C66H50N4. The van der Waals surface area contributed by atoms with Crippen LogP contribution in [0.5, 0.6) is 0 Å². The molecule has 0 amide bonds. The number of hydrogen-bond donors (Lipinski definition) is 0. The van der Waals surface area contributed by atoms with Gasteiger partial charge >= 0.3 is 0 Å². The van der Waals surface area contributed by atoms with E-state index >= 15 is 0 Å². The number of pyridine rings is 1. The average molecular weight is 899 g/mol. The minimum Gasteiger partial charge on any atom is -0.308 e. The molecule has 0 saturated carbocycles. The van der Waals surface area contributed by atoms with Gasteiger partial charge in [0.05, 0.1) is 33.4 Å². The maximum atomic E-state index is 12.0. The summed E-state index contributed by atoms with van der Waals surface area (Å²) in [5.74, 6) is 0. The number of rotatable bonds is 7. The van der Waals surface area contributed by atoms with E-state index in [1.54, 1.807) is 0 Å². The van der Waals surface area contributed by atoms with Crippen LogP contribution in [-0.2, 0) is 0 Å². The molecule has 0 N–H and O–H groups in total. The van der Waals surface area contributed by atoms with Crippen LogP contribution >= 0.6 is 0 Å². The van der Waals surface area contributed by atoms with Gasteiger partial charge in [-0.3, -0.25) is 4.98 Å². The smallest absolute Gasteiger partial charge is 0.104 e. The third-order valence-corrected chi connectivity index (χ3v) is 14.2. The van der Waals surface area contributed by atoms with Crippen LogP contribution in [0.15, 0.2) is 194 Å². The van der Waals surface area contributed by atoms with Gasteiger partial charge in [-0.1, -0.05) is 168 Å². The van der Waals surface area contributed by atoms with Crippen LogP contribution in [0.25, 0.3) is 111 Å². The fraction of sp³-hybridized carbons (Fsp3) is 0.0909. The lowest BCUT2D eigenvalue weighted by Crippen LogP contribution is -2.06. The number of aromatic nitrogens is 3. The van der Waals surface area contributed by atoms with Crippen molar-refractivity contribution in [1.29, 1.82) is 5.26 Å². The third-order valence-electron chi connectivity index (χ3n) is 14.2. The molecule has 0 atom stereocenters. The lowest BCUT2D eigenvalue weighted by molar-refractivity contribution is 1.11. The zero-order chi connectivity index (χ0) is 47.8. The van der Waals surface area contributed by atoms with Crippen LogP contribution in [0.1, 0.15) is 39.2 Å². The summed E-state index contributed by atoms with van der Waals surface area (Å²) in [7, 11) is 0. The minimum absolute atomic E-state index is 0.576. The average Bonchev–Trinajstić information content (AvgIpc) is 3.87. The molecule has 70 heavy (non-hydrogen) atoms. The molecule has 0 radical (unpaired) electrons. The predicted octanol–water partition coefficient (Wildman–Crippen LogP) is 17.3. The maximum absolute atomic E-state index is 12.0. The second kappa shape index (κ2) is 16.8. The van der Waals surface area contributed by atoms with E-state index in [1.165, 1.54) is 22.3 Å². The number of nitriles is 1. The molecule has 0 aliphatic carbocycles. The summed E-state index contributed by atoms with van der Waals surface area (Å²) in [5.41, 5.74) is 24.1. The van der Waals surface area contributed by atoms with Crippen molar-refractivity contribution in [1.82, 2.24) is 14.1 Å². The molecule has 0 bridgehead atoms. The molecule has 0 saturated heterocycles. The summed E-state index contributed by atoms with van der Waals surface area (Å²) in [5, 5.41) is 16.5. The molecule has 4 nitrogen and oxygen atoms in total. The van der Waals surface area contributed by atoms with Gasteiger partial charge in [0.15, 0.2) is 0 Å². The van der Waals surface area contributed by atoms with Crippen molar-refractivity contribution in [3.05, 3.63) is 233 Å². The second-order valence-electron chi connectivity index (χ2n) is 19.2. The SMILES string of the molecule is Cc1ccc(-c2ccc3c4ccc(-c5ccc(C)cc5)cc4n(-c4cc(-c5cc(C)nc(C)c5)cc(-n5c6cc(-c7ccc(C)cc7)ccc6c6ccc(-c7ccc(C)cc7)cc65)c4C#N)c3c2)cc1. The normalized spacial score (nSPS) is 11.6. The van der Waals surface area contributed by atoms with E-state index in [2.05, 4.69) is 251 Å². The molecule has 12 aromatic rings. The Labute approximate surface area is 409 Å². The highest BCUT2D eigenvalue weighted by Crippen LogP contribution is 2.43. The van der Waals surface area contributed by atoms with Crippen molar-refractivity contribution >= 4 is 43.6 Å². The van der Waals surface area contributed by atoms with E-state index < -0.39 is 0 Å². The van der Waals surface area contributed by atoms with Gasteiger partial charge < -0.3 is 9.13 Å². The summed E-state index contributed by atoms with van der Waals surface area (Å²) in [4.78, 5) is 4.81. The van der Waals surface area contributed by atoms with Crippen LogP contribution in [0.2, 0.25) is 0 Å². The highest BCUT2D eigenvalue weighted by molar-refractivity contribution is 6.13. The molecule has 4 heteroatoms. The van der Waals surface area contributed by atoms with Crippen LogP contribution in [-0.4, -0.2) is 14.1 Å². The van der Waals surface area contributed by atoms with Crippen LogP contribution < -0.4 is 0 Å². The number of hydrogen-bond acceptors (Lipinski definition) is 2. The van der Waals surface area contributed by atoms with Crippen molar-refractivity contribution in [2.24, 2.45) is 0 Å². The molecule has 0 aliphatic heterocycles. The van der Waals surface area contributed by atoms with E-state index in [-0.39, 0.29) is 0 Å². The van der Waals surface area contributed by atoms with Crippen LogP contribution in [0, 0.1) is 52.9 Å². The molecule has 0 unspecified atom stereocenters. The zero-order valence-electron chi connectivity index (χ0n) is 40.3. The van der Waals surface area contributed by atoms with Crippen molar-refractivity contribution < 1.29 is 0 Å². The number of fused-ring (bicyclic) bond motifs is 6. The third kappa shape index (κ3) is 7.35. The van der Waals surface area contributed by atoms with Crippen LogP contribution in [0.3, 0.4) is 0 Å². The summed E-state index contributed by atoms with van der Waals surface area (Å²) in [6, 6.07) is 73.8. The Morgan fingerprint density at radius 1 is 0.300 bits per heavy atom. The van der Waals surface area contributed by atoms with Gasteiger partial charge in [0.1, 0.15) is 11.6 Å². The Morgan fingerprint density at radius 3 is 0.829 bits per heavy atom. The summed E-state index contributed by atoms with van der Waals surface area (Å²) < 4.78 is 4.71. The second-order valence-corrected chi connectivity index (χ2v) is 19.2. The van der Waals surface area contributed by atoms with E-state index in [4.69, 9.17) is 4.98 Å². The summed E-state index contributed by atoms with van der Waals surface area (Å²) in [6.07, 6.45) is 0. The molecule has 0 aliphatic rings. The first-order valence-electron chi connectivity index (χ1n) is 24.1. The van der Waals surface area contributed by atoms with Crippen molar-refractivity contribution in [3.63, 3.8) is 0 Å². The molecule has 0 fully saturated rings. The molecule has 0 spiro atoms. The molecule has 9 aromatic carbocycles. The lowest BCUT2D eigenvalue weighted by Gasteiger charge is -2.19. The molecular weight excluding hydrogens is 849 g/mol. The first-order chi connectivity index (χ1) is 34.1. The van der Waals surface area contributed by atoms with Crippen molar-refractivity contribution in [2.45, 2.75) is 41.5 Å². The van der Waals surface area contributed by atoms with E-state index in [9.17, 15) is 5.26 Å². The molecule has 12 rings (SSSR count). The monoisotopic (exact) mass is 898 g/mol. The fourth-order valence-corrected chi connectivity index (χ4v) is 10.5. The van der Waals surface area contributed by atoms with Gasteiger partial charge in [-0.25, -0.2) is 0 Å². The Morgan fingerprint density at radius 2 is 0.557 bits per heavy atom. The van der Waals surface area contributed by atoms with Crippen molar-refractivity contribution in [3.8, 4) is 73.1 Å². The van der Waals surface area contributed by atoms with Gasteiger partial charge in [-0.15, -0.1) is 0 Å². The summed E-state index contributed by atoms with van der Waals surface area (Å²) >= 11 is 0. The standard InChI is InChI=1S/C66H50N4/c1-40-7-15-46(16-8-40)50-23-27-56-57-28-24-51(47-17-9-41(2)10-18-47)34-62(57)69(61(56)33-50)65-37-55(54-31-44(5)68-45(6)32-54)38-66(60(65)39-67)70-63-35-52(48-19-11-42(3)12-20-48)25-29-58(63)59-30-26-53(36-64(59)70)49-21-13-43(4)14-22-49/h7-38H,1-6H3. The quantitative estimate of drug-likeness (QED) is 0.160. The van der Waals surface area contributed by atoms with Crippen LogP contribution in [0.4, 0.5) is 0 Å². The highest BCUT2D eigenvalue weighted by Gasteiger charge is 2.24. The summed E-state index contributed by atoms with van der Waals surface area (Å²) in [6.45, 7) is 12.6. The molecule has 334 valence electrons. The Bertz CT molecular complexity index is 3620. The fourth-order valence-electron chi connectivity index (χ4n) is 10.5. The van der Waals surface area contributed by atoms with E-state index in [0.717, 1.165) is 122 Å². The number of benzene rings is 9. The lowest BCUT2D eigenvalue weighted by atomic mass is 9.99. The minimum atomic E-state index is 0.576. The number of nitrogens with zero attached hydrogens (tertiary/aromatic N) is 4. The topological polar surface area (TPSA) is 46.5 Å². The largest absolute Gasteiger partial charge is 0.308 e. The Balaban J connectivity index is 1.23. The Hall–Kier alpha value is -8.78. The van der Waals surface area contributed by atoms with E-state index in [1.807, 2.05) is 0 Å². The Kier molecular flexibility index (Phi) is 10.2. The van der Waals surface area contributed by atoms with Gasteiger partial charge in [0, 0.05) is 32.9 Å². The van der Waals surface area contributed by atoms with Gasteiger partial charge in [-0.2, -0.15) is 5.26 Å². The zero-order valence-corrected chi connectivity index (χ0v) is 40.3. The van der Waals surface area contributed by atoms with Gasteiger partial charge in [0.25, 0.3) is 0 Å². The first-order valence-corrected chi connectivity index (χ1v) is 24.1. The first kappa shape index (κ1) is 42.6.